The van der Waals surface area contributed by atoms with E-state index >= 15 is 0 Å². The predicted molar refractivity (Wildman–Crippen MR) is 80.4 cm³/mol. The second-order valence-electron chi connectivity index (χ2n) is 5.70. The van der Waals surface area contributed by atoms with Gasteiger partial charge in [0, 0.05) is 0 Å². The first-order chi connectivity index (χ1) is 9.89. The van der Waals surface area contributed by atoms with Gasteiger partial charge in [-0.2, -0.15) is 0 Å². The van der Waals surface area contributed by atoms with Gasteiger partial charge in [0.2, 0.25) is 5.91 Å². The summed E-state index contributed by atoms with van der Waals surface area (Å²) in [6.07, 6.45) is 1.70. The molecule has 1 aromatic carbocycles. The topological polar surface area (TPSA) is 83.5 Å². The van der Waals surface area contributed by atoms with Crippen LogP contribution in [0.1, 0.15) is 31.7 Å². The molecule has 2 unspecified atom stereocenters. The lowest BCUT2D eigenvalue weighted by molar-refractivity contribution is -0.123. The first-order valence-corrected chi connectivity index (χ1v) is 8.80. The molecule has 21 heavy (non-hydrogen) atoms. The molecule has 6 heteroatoms. The number of amides is 1. The molecular formula is C15H21NO4S. The van der Waals surface area contributed by atoms with Crippen LogP contribution in [0.15, 0.2) is 30.3 Å². The number of hydrogen-bond donors (Lipinski definition) is 2. The van der Waals surface area contributed by atoms with Crippen LogP contribution in [0.3, 0.4) is 0 Å². The van der Waals surface area contributed by atoms with Gasteiger partial charge in [-0.15, -0.1) is 0 Å². The van der Waals surface area contributed by atoms with Crippen LogP contribution < -0.4 is 5.32 Å². The molecule has 1 aliphatic heterocycles. The molecule has 5 nitrogen and oxygen atoms in total. The molecule has 116 valence electrons. The lowest BCUT2D eigenvalue weighted by Gasteiger charge is -2.32. The van der Waals surface area contributed by atoms with Gasteiger partial charge in [0.05, 0.1) is 17.9 Å². The Kier molecular flexibility index (Phi) is 4.68. The Balaban J connectivity index is 2.20. The van der Waals surface area contributed by atoms with E-state index in [4.69, 9.17) is 0 Å². The molecule has 0 aliphatic carbocycles. The Labute approximate surface area is 125 Å². The number of carbonyl (C=O) groups is 1. The van der Waals surface area contributed by atoms with Crippen LogP contribution >= 0.6 is 0 Å². The second-order valence-corrected chi connectivity index (χ2v) is 8.00. The molecule has 2 N–H and O–H groups in total. The second kappa shape index (κ2) is 6.15. The van der Waals surface area contributed by atoms with Crippen molar-refractivity contribution in [1.29, 1.82) is 0 Å². The van der Waals surface area contributed by atoms with E-state index in [1.807, 2.05) is 18.2 Å². The van der Waals surface area contributed by atoms with Gasteiger partial charge in [-0.3, -0.25) is 4.79 Å². The summed E-state index contributed by atoms with van der Waals surface area (Å²) in [5, 5.41) is 11.4. The summed E-state index contributed by atoms with van der Waals surface area (Å²) in [4.78, 5) is 12.4. The fraction of sp³-hybridized carbons (Fsp3) is 0.533. The van der Waals surface area contributed by atoms with E-state index in [0.717, 1.165) is 12.0 Å². The van der Waals surface area contributed by atoms with Crippen LogP contribution in [-0.4, -0.2) is 37.0 Å². The summed E-state index contributed by atoms with van der Waals surface area (Å²) in [5.41, 5.74) is -0.236. The van der Waals surface area contributed by atoms with Gasteiger partial charge >= 0.3 is 0 Å². The Bertz CT molecular complexity index is 599. The highest BCUT2D eigenvalue weighted by atomic mass is 32.2. The molecule has 0 bridgehead atoms. The number of hydrogen-bond acceptors (Lipinski definition) is 4. The van der Waals surface area contributed by atoms with Crippen LogP contribution in [0.5, 0.6) is 0 Å². The Morgan fingerprint density at radius 1 is 1.33 bits per heavy atom. The molecule has 2 rings (SSSR count). The zero-order chi connectivity index (χ0) is 15.5. The van der Waals surface area contributed by atoms with Gasteiger partial charge in [-0.1, -0.05) is 36.8 Å². The maximum Gasteiger partial charge on any atom is 0.239 e. The third kappa shape index (κ3) is 3.44. The van der Waals surface area contributed by atoms with Crippen molar-refractivity contribution < 1.29 is 18.3 Å². The van der Waals surface area contributed by atoms with Gasteiger partial charge in [0.1, 0.15) is 5.25 Å². The van der Waals surface area contributed by atoms with Crippen molar-refractivity contribution in [3.05, 3.63) is 35.9 Å². The molecular weight excluding hydrogens is 290 g/mol. The van der Waals surface area contributed by atoms with Crippen LogP contribution in [-0.2, 0) is 20.2 Å². The molecule has 1 heterocycles. The summed E-state index contributed by atoms with van der Waals surface area (Å²) < 4.78 is 24.0. The average Bonchev–Trinajstić information content (AvgIpc) is 2.47. The van der Waals surface area contributed by atoms with E-state index in [1.54, 1.807) is 19.1 Å². The van der Waals surface area contributed by atoms with Crippen LogP contribution in [0.4, 0.5) is 0 Å². The molecule has 0 radical (unpaired) electrons. The molecule has 0 spiro atoms. The first-order valence-electron chi connectivity index (χ1n) is 7.09. The number of carbonyl (C=O) groups excluding carboxylic acids is 1. The van der Waals surface area contributed by atoms with E-state index in [-0.39, 0.29) is 12.4 Å². The van der Waals surface area contributed by atoms with Crippen molar-refractivity contribution in [2.24, 2.45) is 0 Å². The van der Waals surface area contributed by atoms with Crippen molar-refractivity contribution in [2.75, 3.05) is 12.4 Å². The Morgan fingerprint density at radius 3 is 2.57 bits per heavy atom. The number of rotatable bonds is 4. The number of sulfone groups is 1. The summed E-state index contributed by atoms with van der Waals surface area (Å²) in [7, 11) is -3.38. The summed E-state index contributed by atoms with van der Waals surface area (Å²) in [6, 6.07) is 9.06. The van der Waals surface area contributed by atoms with E-state index in [1.165, 1.54) is 0 Å². The van der Waals surface area contributed by atoms with E-state index < -0.39 is 26.5 Å². The van der Waals surface area contributed by atoms with Crippen molar-refractivity contribution in [2.45, 2.75) is 37.0 Å². The molecule has 0 saturated carbocycles. The minimum Gasteiger partial charge on any atom is -0.394 e. The quantitative estimate of drug-likeness (QED) is 0.868. The van der Waals surface area contributed by atoms with Crippen molar-refractivity contribution in [3.63, 3.8) is 0 Å². The van der Waals surface area contributed by atoms with Gasteiger partial charge < -0.3 is 10.4 Å². The van der Waals surface area contributed by atoms with Crippen molar-refractivity contribution >= 4 is 15.7 Å². The highest BCUT2D eigenvalue weighted by Gasteiger charge is 2.38. The molecule has 1 amide bonds. The maximum absolute atomic E-state index is 12.4. The molecule has 1 saturated heterocycles. The highest BCUT2D eigenvalue weighted by Crippen LogP contribution is 2.24. The maximum atomic E-state index is 12.4. The minimum atomic E-state index is -3.38. The fourth-order valence-electron chi connectivity index (χ4n) is 2.61. The predicted octanol–water partition coefficient (Wildman–Crippen LogP) is 0.978. The van der Waals surface area contributed by atoms with Gasteiger partial charge in [-0.25, -0.2) is 8.42 Å². The van der Waals surface area contributed by atoms with Gasteiger partial charge in [0.15, 0.2) is 9.84 Å². The summed E-state index contributed by atoms with van der Waals surface area (Å²) >= 11 is 0. The smallest absolute Gasteiger partial charge is 0.239 e. The number of aliphatic hydroxyl groups is 1. The monoisotopic (exact) mass is 311 g/mol. The van der Waals surface area contributed by atoms with Crippen LogP contribution in [0, 0.1) is 0 Å². The van der Waals surface area contributed by atoms with E-state index in [9.17, 15) is 18.3 Å². The third-order valence-electron chi connectivity index (χ3n) is 4.00. The standard InChI is InChI=1S/C15H21NO4S/c1-15(11-17,12-7-3-2-4-8-12)16-14(18)13-9-5-6-10-21(13,19)20/h2-4,7-8,13,17H,5-6,9-11H2,1H3,(H,16,18). The Hall–Kier alpha value is -1.40. The SMILES string of the molecule is CC(CO)(NC(=O)C1CCCCS1(=O)=O)c1ccccc1. The molecule has 1 aliphatic rings. The number of aliphatic hydroxyl groups excluding tert-OH is 1. The number of benzene rings is 1. The molecule has 1 fully saturated rings. The molecule has 2 atom stereocenters. The normalized spacial score (nSPS) is 24.0. The lowest BCUT2D eigenvalue weighted by atomic mass is 9.92. The fourth-order valence-corrected chi connectivity index (χ4v) is 4.41. The average molecular weight is 311 g/mol. The van der Waals surface area contributed by atoms with E-state index in [2.05, 4.69) is 5.32 Å². The molecule has 0 aromatic heterocycles. The van der Waals surface area contributed by atoms with E-state index in [0.29, 0.717) is 12.8 Å². The van der Waals surface area contributed by atoms with Crippen molar-refractivity contribution in [3.8, 4) is 0 Å². The zero-order valence-electron chi connectivity index (χ0n) is 12.1. The van der Waals surface area contributed by atoms with Crippen LogP contribution in [0.2, 0.25) is 0 Å². The van der Waals surface area contributed by atoms with Crippen molar-refractivity contribution in [1.82, 2.24) is 5.32 Å². The highest BCUT2D eigenvalue weighted by molar-refractivity contribution is 7.92. The third-order valence-corrected chi connectivity index (χ3v) is 6.17. The van der Waals surface area contributed by atoms with Gasteiger partial charge in [0.25, 0.3) is 0 Å². The largest absolute Gasteiger partial charge is 0.394 e. The van der Waals surface area contributed by atoms with Crippen LogP contribution in [0.25, 0.3) is 0 Å². The minimum absolute atomic E-state index is 0.0618. The summed E-state index contributed by atoms with van der Waals surface area (Å²) in [6.45, 7) is 1.39. The number of nitrogens with one attached hydrogen (secondary N) is 1. The first kappa shape index (κ1) is 16.0. The Morgan fingerprint density at radius 2 is 2.00 bits per heavy atom. The lowest BCUT2D eigenvalue weighted by Crippen LogP contribution is -2.52. The van der Waals surface area contributed by atoms with Gasteiger partial charge in [-0.05, 0) is 25.3 Å². The molecule has 1 aromatic rings. The summed E-state index contributed by atoms with van der Waals surface area (Å²) in [5.74, 6) is -0.457. The zero-order valence-corrected chi connectivity index (χ0v) is 12.9.